The molecule has 1 aliphatic heterocycles. The minimum absolute atomic E-state index is 0.362. The van der Waals surface area contributed by atoms with E-state index in [-0.39, 0.29) is 6.17 Å². The molecule has 0 aliphatic carbocycles. The summed E-state index contributed by atoms with van der Waals surface area (Å²) in [6.45, 7) is 0. The number of nitrogens with one attached hydrogen (secondary N) is 1. The lowest BCUT2D eigenvalue weighted by Crippen LogP contribution is -2.33. The van der Waals surface area contributed by atoms with Crippen LogP contribution in [0.5, 0.6) is 0 Å². The van der Waals surface area contributed by atoms with Crippen molar-refractivity contribution >= 4 is 87.9 Å². The second-order valence-electron chi connectivity index (χ2n) is 14.6. The Kier molecular flexibility index (Phi) is 6.63. The van der Waals surface area contributed by atoms with Crippen LogP contribution < -0.4 is 5.32 Å². The van der Waals surface area contributed by atoms with Gasteiger partial charge in [0.05, 0.1) is 0 Å². The van der Waals surface area contributed by atoms with Crippen molar-refractivity contribution in [1.82, 2.24) is 5.32 Å². The molecule has 1 unspecified atom stereocenters. The molecule has 56 heavy (non-hydrogen) atoms. The highest BCUT2D eigenvalue weighted by Crippen LogP contribution is 2.41. The van der Waals surface area contributed by atoms with E-state index in [9.17, 15) is 0 Å². The van der Waals surface area contributed by atoms with Crippen LogP contribution in [0.1, 0.15) is 22.9 Å². The molecular weight excluding hydrogens is 687 g/mol. The minimum atomic E-state index is -0.362. The molecule has 5 nitrogen and oxygen atoms in total. The molecule has 0 fully saturated rings. The van der Waals surface area contributed by atoms with Crippen LogP contribution in [0.15, 0.2) is 195 Å². The average Bonchev–Trinajstić information content (AvgIpc) is 3.83. The summed E-state index contributed by atoms with van der Waals surface area (Å²) < 4.78 is 13.1. The molecule has 2 aromatic heterocycles. The van der Waals surface area contributed by atoms with Gasteiger partial charge >= 0.3 is 0 Å². The summed E-state index contributed by atoms with van der Waals surface area (Å²) in [5.41, 5.74) is 8.43. The van der Waals surface area contributed by atoms with E-state index in [1.54, 1.807) is 0 Å². The maximum absolute atomic E-state index is 6.78. The van der Waals surface area contributed by atoms with Gasteiger partial charge in [0.1, 0.15) is 34.3 Å². The summed E-state index contributed by atoms with van der Waals surface area (Å²) in [5.74, 6) is 1.43. The number of amidine groups is 2. The van der Waals surface area contributed by atoms with Crippen molar-refractivity contribution in [3.05, 3.63) is 193 Å². The summed E-state index contributed by atoms with van der Waals surface area (Å²) >= 11 is 0. The summed E-state index contributed by atoms with van der Waals surface area (Å²) in [4.78, 5) is 10.6. The monoisotopic (exact) mass is 717 g/mol. The fourth-order valence-electron chi connectivity index (χ4n) is 8.56. The first-order valence-corrected chi connectivity index (χ1v) is 18.9. The predicted molar refractivity (Wildman–Crippen MR) is 231 cm³/mol. The Hall–Kier alpha value is -7.50. The second-order valence-corrected chi connectivity index (χ2v) is 14.6. The highest BCUT2D eigenvalue weighted by Gasteiger charge is 2.25. The van der Waals surface area contributed by atoms with Gasteiger partial charge in [-0.05, 0) is 79.8 Å². The molecule has 0 saturated carbocycles. The number of fused-ring (bicyclic) bond motifs is 10. The lowest BCUT2D eigenvalue weighted by Gasteiger charge is -2.24. The van der Waals surface area contributed by atoms with E-state index >= 15 is 0 Å². The second kappa shape index (κ2) is 12.0. The highest BCUT2D eigenvalue weighted by atomic mass is 16.3. The predicted octanol–water partition coefficient (Wildman–Crippen LogP) is 13.1. The molecule has 0 bridgehead atoms. The van der Waals surface area contributed by atoms with Gasteiger partial charge in [-0.3, -0.25) is 0 Å². The molecular formula is C51H31N3O2. The molecule has 1 atom stereocenters. The van der Waals surface area contributed by atoms with E-state index in [1.807, 2.05) is 30.3 Å². The third kappa shape index (κ3) is 4.81. The van der Waals surface area contributed by atoms with E-state index in [2.05, 4.69) is 151 Å². The molecule has 262 valence electrons. The Morgan fingerprint density at radius 3 is 2.04 bits per heavy atom. The van der Waals surface area contributed by atoms with Crippen molar-refractivity contribution in [3.8, 4) is 11.1 Å². The van der Waals surface area contributed by atoms with Crippen molar-refractivity contribution in [2.45, 2.75) is 6.17 Å². The Morgan fingerprint density at radius 2 is 1.14 bits per heavy atom. The average molecular weight is 718 g/mol. The molecule has 9 aromatic carbocycles. The Labute approximate surface area is 320 Å². The van der Waals surface area contributed by atoms with Gasteiger partial charge in [-0.2, -0.15) is 0 Å². The van der Waals surface area contributed by atoms with Gasteiger partial charge in [0.15, 0.2) is 5.84 Å². The summed E-state index contributed by atoms with van der Waals surface area (Å²) in [6.07, 6.45) is -0.362. The zero-order valence-electron chi connectivity index (χ0n) is 30.0. The normalized spacial score (nSPS) is 14.6. The Bertz CT molecular complexity index is 3460. The molecule has 1 N–H and O–H groups in total. The number of aliphatic imine (C=N–C) groups is 2. The quantitative estimate of drug-likeness (QED) is 0.184. The van der Waals surface area contributed by atoms with Gasteiger partial charge in [0.2, 0.25) is 0 Å². The number of para-hydroxylation sites is 1. The molecule has 0 saturated heterocycles. The van der Waals surface area contributed by atoms with Gasteiger partial charge in [0, 0.05) is 38.2 Å². The zero-order chi connectivity index (χ0) is 36.7. The molecule has 5 heteroatoms. The number of nitrogens with zero attached hydrogens (tertiary/aromatic N) is 2. The smallest absolute Gasteiger partial charge is 0.160 e. The van der Waals surface area contributed by atoms with Gasteiger partial charge in [-0.1, -0.05) is 140 Å². The van der Waals surface area contributed by atoms with Crippen molar-refractivity contribution in [3.63, 3.8) is 0 Å². The largest absolute Gasteiger partial charge is 0.456 e. The molecule has 12 rings (SSSR count). The van der Waals surface area contributed by atoms with Crippen molar-refractivity contribution < 1.29 is 8.83 Å². The number of hydrogen-bond acceptors (Lipinski definition) is 5. The van der Waals surface area contributed by atoms with E-state index in [0.717, 1.165) is 82.9 Å². The summed E-state index contributed by atoms with van der Waals surface area (Å²) in [6, 6.07) is 61.6. The van der Waals surface area contributed by atoms with Crippen LogP contribution in [0.3, 0.4) is 0 Å². The van der Waals surface area contributed by atoms with E-state index in [0.29, 0.717) is 5.84 Å². The van der Waals surface area contributed by atoms with Gasteiger partial charge in [-0.15, -0.1) is 0 Å². The molecule has 0 spiro atoms. The zero-order valence-corrected chi connectivity index (χ0v) is 30.0. The van der Waals surface area contributed by atoms with Crippen LogP contribution in [0.4, 0.5) is 0 Å². The van der Waals surface area contributed by atoms with Crippen molar-refractivity contribution in [2.75, 3.05) is 0 Å². The molecule has 0 amide bonds. The Balaban J connectivity index is 1.03. The van der Waals surface area contributed by atoms with Crippen LogP contribution in [-0.4, -0.2) is 11.7 Å². The van der Waals surface area contributed by atoms with E-state index in [4.69, 9.17) is 18.8 Å². The molecule has 1 aliphatic rings. The molecule has 11 aromatic rings. The number of rotatable bonds is 4. The minimum Gasteiger partial charge on any atom is -0.456 e. The topological polar surface area (TPSA) is 63.0 Å². The number of benzene rings is 9. The first-order valence-electron chi connectivity index (χ1n) is 18.9. The van der Waals surface area contributed by atoms with Gasteiger partial charge < -0.3 is 14.2 Å². The van der Waals surface area contributed by atoms with Gasteiger partial charge in [-0.25, -0.2) is 9.98 Å². The van der Waals surface area contributed by atoms with Crippen LogP contribution >= 0.6 is 0 Å². The van der Waals surface area contributed by atoms with E-state index in [1.165, 1.54) is 26.9 Å². The highest BCUT2D eigenvalue weighted by molar-refractivity contribution is 6.23. The van der Waals surface area contributed by atoms with Crippen LogP contribution in [0.2, 0.25) is 0 Å². The van der Waals surface area contributed by atoms with Crippen molar-refractivity contribution in [1.29, 1.82) is 0 Å². The first-order chi connectivity index (χ1) is 27.7. The van der Waals surface area contributed by atoms with Crippen LogP contribution in [-0.2, 0) is 0 Å². The third-order valence-electron chi connectivity index (χ3n) is 11.3. The van der Waals surface area contributed by atoms with Crippen LogP contribution in [0, 0.1) is 0 Å². The summed E-state index contributed by atoms with van der Waals surface area (Å²) in [5, 5.41) is 15.1. The Morgan fingerprint density at radius 1 is 0.429 bits per heavy atom. The van der Waals surface area contributed by atoms with Crippen LogP contribution in [0.25, 0.3) is 87.3 Å². The van der Waals surface area contributed by atoms with Gasteiger partial charge in [0.25, 0.3) is 0 Å². The summed E-state index contributed by atoms with van der Waals surface area (Å²) in [7, 11) is 0. The van der Waals surface area contributed by atoms with Crippen molar-refractivity contribution in [2.24, 2.45) is 9.98 Å². The molecule has 0 radical (unpaired) electrons. The fourth-order valence-corrected chi connectivity index (χ4v) is 8.56. The standard InChI is InChI=1S/C51H31N3O2/c1-2-11-32(12-3-1)49-52-50(36-23-22-31-21-20-30-10-6-7-15-37(30)41(31)28-36)54-51(53-49)40-18-9-19-45-47(40)39-17-8-16-38(48(39)56-45)35-24-25-44-42(27-35)43-26-33-13-4-5-14-34(33)29-46(43)55-44/h1-29,50H,(H,52,53,54). The lowest BCUT2D eigenvalue weighted by atomic mass is 9.98. The number of furan rings is 2. The number of hydrogen-bond donors (Lipinski definition) is 1. The first kappa shape index (κ1) is 30.9. The fraction of sp³-hybridized carbons (Fsp3) is 0.0196. The van der Waals surface area contributed by atoms with E-state index < -0.39 is 0 Å². The maximum Gasteiger partial charge on any atom is 0.160 e. The SMILES string of the molecule is c1ccc(C2=NC(c3cccc4oc5c(-c6ccc7oc8cc9ccccc9cc8c7c6)cccc5c34)=NC(c3ccc4ccc5ccccc5c4c3)N2)cc1. The maximum atomic E-state index is 6.78. The molecule has 3 heterocycles. The third-order valence-corrected chi connectivity index (χ3v) is 11.3. The lowest BCUT2D eigenvalue weighted by molar-refractivity contribution is 0.668.